The Morgan fingerprint density at radius 3 is 2.10 bits per heavy atom. The van der Waals surface area contributed by atoms with Crippen molar-refractivity contribution in [3.05, 3.63) is 53.6 Å². The highest BCUT2D eigenvalue weighted by Crippen LogP contribution is 2.24. The molecule has 1 amide bonds. The minimum Gasteiger partial charge on any atom is -0.397 e. The number of hydrogen-bond donors (Lipinski definition) is 3. The SMILES string of the molecule is CC(C)(C)c1ccc(NC(=O)c2ccc(N)c(N)c2)cc1. The molecule has 4 heteroatoms. The second-order valence-corrected chi connectivity index (χ2v) is 6.13. The smallest absolute Gasteiger partial charge is 0.255 e. The third-order valence-corrected chi connectivity index (χ3v) is 3.36. The lowest BCUT2D eigenvalue weighted by Gasteiger charge is -2.19. The monoisotopic (exact) mass is 283 g/mol. The van der Waals surface area contributed by atoms with Gasteiger partial charge in [0.2, 0.25) is 0 Å². The Labute approximate surface area is 125 Å². The lowest BCUT2D eigenvalue weighted by molar-refractivity contribution is 0.102. The molecule has 0 bridgehead atoms. The molecular formula is C17H21N3O. The highest BCUT2D eigenvalue weighted by atomic mass is 16.1. The maximum absolute atomic E-state index is 12.2. The molecule has 21 heavy (non-hydrogen) atoms. The average molecular weight is 283 g/mol. The van der Waals surface area contributed by atoms with Crippen LogP contribution in [0.1, 0.15) is 36.7 Å². The van der Waals surface area contributed by atoms with E-state index >= 15 is 0 Å². The Bertz CT molecular complexity index is 655. The second-order valence-electron chi connectivity index (χ2n) is 6.13. The summed E-state index contributed by atoms with van der Waals surface area (Å²) in [6.07, 6.45) is 0. The first-order valence-corrected chi connectivity index (χ1v) is 6.84. The number of rotatable bonds is 2. The van der Waals surface area contributed by atoms with E-state index in [9.17, 15) is 4.79 Å². The Hall–Kier alpha value is -2.49. The Morgan fingerprint density at radius 1 is 0.952 bits per heavy atom. The summed E-state index contributed by atoms with van der Waals surface area (Å²) in [5, 5.41) is 2.85. The molecule has 0 heterocycles. The van der Waals surface area contributed by atoms with Crippen LogP contribution < -0.4 is 16.8 Å². The number of benzene rings is 2. The van der Waals surface area contributed by atoms with Crippen LogP contribution in [0.4, 0.5) is 17.1 Å². The van der Waals surface area contributed by atoms with Gasteiger partial charge < -0.3 is 16.8 Å². The van der Waals surface area contributed by atoms with E-state index in [-0.39, 0.29) is 11.3 Å². The molecule has 5 N–H and O–H groups in total. The molecule has 0 fully saturated rings. The van der Waals surface area contributed by atoms with Crippen LogP contribution >= 0.6 is 0 Å². The molecule has 2 aromatic carbocycles. The van der Waals surface area contributed by atoms with Gasteiger partial charge in [0.05, 0.1) is 11.4 Å². The van der Waals surface area contributed by atoms with Crippen LogP contribution in [0.25, 0.3) is 0 Å². The van der Waals surface area contributed by atoms with Gasteiger partial charge in [0, 0.05) is 11.3 Å². The van der Waals surface area contributed by atoms with E-state index in [1.54, 1.807) is 18.2 Å². The molecule has 110 valence electrons. The van der Waals surface area contributed by atoms with Crippen molar-refractivity contribution in [2.45, 2.75) is 26.2 Å². The minimum atomic E-state index is -0.204. The van der Waals surface area contributed by atoms with Crippen molar-refractivity contribution in [3.63, 3.8) is 0 Å². The summed E-state index contributed by atoms with van der Waals surface area (Å²) < 4.78 is 0. The van der Waals surface area contributed by atoms with Crippen molar-refractivity contribution in [1.29, 1.82) is 0 Å². The standard InChI is InChI=1S/C17H21N3O/c1-17(2,3)12-5-7-13(8-6-12)20-16(21)11-4-9-14(18)15(19)10-11/h4-10H,18-19H2,1-3H3,(H,20,21). The minimum absolute atomic E-state index is 0.0912. The lowest BCUT2D eigenvalue weighted by atomic mass is 9.87. The zero-order valence-electron chi connectivity index (χ0n) is 12.6. The van der Waals surface area contributed by atoms with Crippen molar-refractivity contribution in [2.75, 3.05) is 16.8 Å². The van der Waals surface area contributed by atoms with Gasteiger partial charge in [-0.05, 0) is 41.3 Å². The van der Waals surface area contributed by atoms with Crippen LogP contribution in [-0.4, -0.2) is 5.91 Å². The van der Waals surface area contributed by atoms with Gasteiger partial charge in [0.15, 0.2) is 0 Å². The highest BCUT2D eigenvalue weighted by molar-refractivity contribution is 6.05. The van der Waals surface area contributed by atoms with Crippen LogP contribution in [0, 0.1) is 0 Å². The summed E-state index contributed by atoms with van der Waals surface area (Å²) in [5.41, 5.74) is 14.8. The molecule has 0 radical (unpaired) electrons. The number of anilines is 3. The van der Waals surface area contributed by atoms with Crippen LogP contribution in [0.5, 0.6) is 0 Å². The predicted molar refractivity (Wildman–Crippen MR) is 88.4 cm³/mol. The van der Waals surface area contributed by atoms with Crippen LogP contribution in [0.2, 0.25) is 0 Å². The summed E-state index contributed by atoms with van der Waals surface area (Å²) in [6.45, 7) is 6.45. The van der Waals surface area contributed by atoms with Crippen molar-refractivity contribution >= 4 is 23.0 Å². The highest BCUT2D eigenvalue weighted by Gasteiger charge is 2.13. The first-order chi connectivity index (χ1) is 9.77. The Morgan fingerprint density at radius 2 is 1.57 bits per heavy atom. The molecule has 2 aromatic rings. The van der Waals surface area contributed by atoms with E-state index in [1.807, 2.05) is 24.3 Å². The van der Waals surface area contributed by atoms with E-state index in [4.69, 9.17) is 11.5 Å². The van der Waals surface area contributed by atoms with Crippen molar-refractivity contribution in [1.82, 2.24) is 0 Å². The molecule has 4 nitrogen and oxygen atoms in total. The van der Waals surface area contributed by atoms with Gasteiger partial charge in [-0.15, -0.1) is 0 Å². The van der Waals surface area contributed by atoms with Crippen molar-refractivity contribution < 1.29 is 4.79 Å². The Balaban J connectivity index is 2.14. The fraction of sp³-hybridized carbons (Fsp3) is 0.235. The van der Waals surface area contributed by atoms with Crippen LogP contribution in [-0.2, 0) is 5.41 Å². The maximum Gasteiger partial charge on any atom is 0.255 e. The zero-order valence-corrected chi connectivity index (χ0v) is 12.6. The van der Waals surface area contributed by atoms with Gasteiger partial charge >= 0.3 is 0 Å². The Kier molecular flexibility index (Phi) is 3.89. The molecule has 0 unspecified atom stereocenters. The molecule has 0 aliphatic rings. The first kappa shape index (κ1) is 14.9. The van der Waals surface area contributed by atoms with Crippen LogP contribution in [0.3, 0.4) is 0 Å². The third kappa shape index (κ3) is 3.54. The first-order valence-electron chi connectivity index (χ1n) is 6.84. The van der Waals surface area contributed by atoms with E-state index in [1.165, 1.54) is 5.56 Å². The van der Waals surface area contributed by atoms with Gasteiger partial charge in [-0.3, -0.25) is 4.79 Å². The van der Waals surface area contributed by atoms with E-state index in [0.717, 1.165) is 5.69 Å². The number of nitrogen functional groups attached to an aromatic ring is 2. The fourth-order valence-corrected chi connectivity index (χ4v) is 1.97. The number of carbonyl (C=O) groups is 1. The number of hydrogen-bond acceptors (Lipinski definition) is 3. The topological polar surface area (TPSA) is 81.1 Å². The third-order valence-electron chi connectivity index (χ3n) is 3.36. The molecule has 0 aromatic heterocycles. The molecule has 0 saturated heterocycles. The molecule has 0 spiro atoms. The average Bonchev–Trinajstić information content (AvgIpc) is 2.41. The molecule has 0 saturated carbocycles. The predicted octanol–water partition coefficient (Wildman–Crippen LogP) is 3.40. The molecule has 0 aliphatic carbocycles. The molecule has 0 aliphatic heterocycles. The van der Waals surface area contributed by atoms with Crippen LogP contribution in [0.15, 0.2) is 42.5 Å². The largest absolute Gasteiger partial charge is 0.397 e. The van der Waals surface area contributed by atoms with Gasteiger partial charge in [-0.25, -0.2) is 0 Å². The lowest BCUT2D eigenvalue weighted by Crippen LogP contribution is -2.14. The summed E-state index contributed by atoms with van der Waals surface area (Å²) in [4.78, 5) is 12.2. The summed E-state index contributed by atoms with van der Waals surface area (Å²) >= 11 is 0. The van der Waals surface area contributed by atoms with Crippen molar-refractivity contribution in [3.8, 4) is 0 Å². The van der Waals surface area contributed by atoms with E-state index in [2.05, 4.69) is 26.1 Å². The van der Waals surface area contributed by atoms with E-state index in [0.29, 0.717) is 16.9 Å². The van der Waals surface area contributed by atoms with E-state index < -0.39 is 0 Å². The number of amides is 1. The molecule has 2 rings (SSSR count). The maximum atomic E-state index is 12.2. The quantitative estimate of drug-likeness (QED) is 0.739. The fourth-order valence-electron chi connectivity index (χ4n) is 1.97. The second kappa shape index (κ2) is 5.48. The molecule has 0 atom stereocenters. The van der Waals surface area contributed by atoms with Crippen molar-refractivity contribution in [2.24, 2.45) is 0 Å². The normalized spacial score (nSPS) is 11.2. The zero-order chi connectivity index (χ0) is 15.6. The van der Waals surface area contributed by atoms with Gasteiger partial charge in [-0.1, -0.05) is 32.9 Å². The summed E-state index contributed by atoms with van der Waals surface area (Å²) in [5.74, 6) is -0.204. The molecular weight excluding hydrogens is 262 g/mol. The van der Waals surface area contributed by atoms with Gasteiger partial charge in [0.25, 0.3) is 5.91 Å². The number of nitrogens with two attached hydrogens (primary N) is 2. The number of carbonyl (C=O) groups excluding carboxylic acids is 1. The van der Waals surface area contributed by atoms with Gasteiger partial charge in [0.1, 0.15) is 0 Å². The van der Waals surface area contributed by atoms with Gasteiger partial charge in [-0.2, -0.15) is 0 Å². The number of nitrogens with one attached hydrogen (secondary N) is 1. The summed E-state index contributed by atoms with van der Waals surface area (Å²) in [6, 6.07) is 12.7. The summed E-state index contributed by atoms with van der Waals surface area (Å²) in [7, 11) is 0.